The van der Waals surface area contributed by atoms with Crippen molar-refractivity contribution in [3.05, 3.63) is 29.3 Å². The van der Waals surface area contributed by atoms with Crippen molar-refractivity contribution in [2.75, 3.05) is 11.4 Å². The van der Waals surface area contributed by atoms with Gasteiger partial charge in [-0.1, -0.05) is 0 Å². The van der Waals surface area contributed by atoms with E-state index >= 15 is 0 Å². The van der Waals surface area contributed by atoms with Gasteiger partial charge >= 0.3 is 5.97 Å². The van der Waals surface area contributed by atoms with E-state index in [1.165, 1.54) is 0 Å². The maximum Gasteiger partial charge on any atom is 0.335 e. The second-order valence-corrected chi connectivity index (χ2v) is 4.63. The summed E-state index contributed by atoms with van der Waals surface area (Å²) in [4.78, 5) is 12.4. The summed E-state index contributed by atoms with van der Waals surface area (Å²) in [5.41, 5.74) is -0.467. The van der Waals surface area contributed by atoms with Gasteiger partial charge in [0.25, 0.3) is 0 Å². The third kappa shape index (κ3) is 2.30. The number of carbonyl (C=O) groups is 1. The topological polar surface area (TPSA) is 40.5 Å². The normalized spacial score (nSPS) is 19.9. The van der Waals surface area contributed by atoms with Crippen LogP contribution in [0.5, 0.6) is 0 Å². The molecule has 1 aliphatic heterocycles. The predicted molar refractivity (Wildman–Crippen MR) is 64.0 cm³/mol. The molecule has 0 aromatic heterocycles. The fourth-order valence-corrected chi connectivity index (χ4v) is 2.39. The molecule has 5 heteroatoms. The molecule has 18 heavy (non-hydrogen) atoms. The highest BCUT2D eigenvalue weighted by atomic mass is 19.1. The Morgan fingerprint density at radius 2 is 1.94 bits per heavy atom. The summed E-state index contributed by atoms with van der Waals surface area (Å²) in [5.74, 6) is -2.94. The molecule has 1 aromatic rings. The fourth-order valence-electron chi connectivity index (χ4n) is 2.39. The van der Waals surface area contributed by atoms with E-state index in [1.807, 2.05) is 6.92 Å². The first kappa shape index (κ1) is 12.8. The van der Waals surface area contributed by atoms with Gasteiger partial charge in [0.15, 0.2) is 0 Å². The molecule has 1 aliphatic rings. The second kappa shape index (κ2) is 4.92. The highest BCUT2D eigenvalue weighted by molar-refractivity contribution is 5.88. The minimum Gasteiger partial charge on any atom is -0.478 e. The van der Waals surface area contributed by atoms with E-state index in [0.29, 0.717) is 6.54 Å². The Labute approximate surface area is 104 Å². The largest absolute Gasteiger partial charge is 0.478 e. The molecule has 1 heterocycles. The van der Waals surface area contributed by atoms with Crippen LogP contribution in [0, 0.1) is 11.6 Å². The Kier molecular flexibility index (Phi) is 3.50. The van der Waals surface area contributed by atoms with Crippen LogP contribution in [0.15, 0.2) is 12.1 Å². The lowest BCUT2D eigenvalue weighted by molar-refractivity contribution is 0.0696. The van der Waals surface area contributed by atoms with Crippen molar-refractivity contribution >= 4 is 11.7 Å². The molecule has 1 unspecified atom stereocenters. The van der Waals surface area contributed by atoms with Gasteiger partial charge in [-0.2, -0.15) is 0 Å². The standard InChI is InChI=1S/C13H15F2NO2/c1-8-4-2-3-5-16(8)12-10(14)6-9(13(17)18)7-11(12)15/h6-8H,2-5H2,1H3,(H,17,18). The van der Waals surface area contributed by atoms with Crippen LogP contribution < -0.4 is 4.90 Å². The van der Waals surface area contributed by atoms with E-state index < -0.39 is 17.6 Å². The zero-order valence-electron chi connectivity index (χ0n) is 10.1. The molecule has 3 nitrogen and oxygen atoms in total. The number of aromatic carboxylic acids is 1. The van der Waals surface area contributed by atoms with Crippen molar-refractivity contribution in [1.29, 1.82) is 0 Å². The number of halogens is 2. The van der Waals surface area contributed by atoms with Crippen LogP contribution in [0.25, 0.3) is 0 Å². The highest BCUT2D eigenvalue weighted by Gasteiger charge is 2.25. The van der Waals surface area contributed by atoms with E-state index in [2.05, 4.69) is 0 Å². The zero-order chi connectivity index (χ0) is 13.3. The second-order valence-electron chi connectivity index (χ2n) is 4.63. The Bertz CT molecular complexity index is 453. The van der Waals surface area contributed by atoms with Crippen LogP contribution in [-0.4, -0.2) is 23.7 Å². The lowest BCUT2D eigenvalue weighted by atomic mass is 10.0. The van der Waals surface area contributed by atoms with Crippen molar-refractivity contribution in [3.63, 3.8) is 0 Å². The molecular formula is C13H15F2NO2. The van der Waals surface area contributed by atoms with Gasteiger partial charge in [0, 0.05) is 12.6 Å². The maximum atomic E-state index is 13.9. The smallest absolute Gasteiger partial charge is 0.335 e. The van der Waals surface area contributed by atoms with Crippen LogP contribution >= 0.6 is 0 Å². The van der Waals surface area contributed by atoms with E-state index in [-0.39, 0.29) is 17.3 Å². The first-order valence-electron chi connectivity index (χ1n) is 5.99. The van der Waals surface area contributed by atoms with Gasteiger partial charge in [-0.25, -0.2) is 13.6 Å². The first-order valence-corrected chi connectivity index (χ1v) is 5.99. The van der Waals surface area contributed by atoms with Crippen LogP contribution in [0.3, 0.4) is 0 Å². The molecule has 1 atom stereocenters. The number of carboxylic acids is 1. The van der Waals surface area contributed by atoms with Gasteiger partial charge in [0.2, 0.25) is 0 Å². The maximum absolute atomic E-state index is 13.9. The van der Waals surface area contributed by atoms with Gasteiger partial charge in [0.1, 0.15) is 17.3 Å². The lowest BCUT2D eigenvalue weighted by Crippen LogP contribution is -2.38. The molecule has 1 fully saturated rings. The molecule has 1 saturated heterocycles. The average molecular weight is 255 g/mol. The third-order valence-electron chi connectivity index (χ3n) is 3.35. The molecule has 0 saturated carbocycles. The molecule has 0 radical (unpaired) electrons. The van der Waals surface area contributed by atoms with Crippen LogP contribution in [0.4, 0.5) is 14.5 Å². The Morgan fingerprint density at radius 1 is 1.33 bits per heavy atom. The number of rotatable bonds is 2. The van der Waals surface area contributed by atoms with Crippen LogP contribution in [0.2, 0.25) is 0 Å². The highest BCUT2D eigenvalue weighted by Crippen LogP contribution is 2.30. The number of hydrogen-bond acceptors (Lipinski definition) is 2. The predicted octanol–water partition coefficient (Wildman–Crippen LogP) is 3.04. The number of benzene rings is 1. The van der Waals surface area contributed by atoms with Crippen molar-refractivity contribution in [2.45, 2.75) is 32.2 Å². The Morgan fingerprint density at radius 3 is 2.44 bits per heavy atom. The SMILES string of the molecule is CC1CCCCN1c1c(F)cc(C(=O)O)cc1F. The Hall–Kier alpha value is -1.65. The Balaban J connectivity index is 2.41. The van der Waals surface area contributed by atoms with Gasteiger partial charge in [-0.05, 0) is 38.3 Å². The van der Waals surface area contributed by atoms with E-state index in [0.717, 1.165) is 31.4 Å². The lowest BCUT2D eigenvalue weighted by Gasteiger charge is -2.35. The summed E-state index contributed by atoms with van der Waals surface area (Å²) in [7, 11) is 0. The molecular weight excluding hydrogens is 240 g/mol. The summed E-state index contributed by atoms with van der Waals surface area (Å²) in [6.45, 7) is 2.52. The molecule has 1 N–H and O–H groups in total. The average Bonchev–Trinajstić information content (AvgIpc) is 2.30. The van der Waals surface area contributed by atoms with Gasteiger partial charge in [0.05, 0.1) is 5.56 Å². The number of hydrogen-bond donors (Lipinski definition) is 1. The summed E-state index contributed by atoms with van der Waals surface area (Å²) < 4.78 is 27.8. The molecule has 0 aliphatic carbocycles. The number of carboxylic acid groups (broad SMARTS) is 1. The molecule has 1 aromatic carbocycles. The van der Waals surface area contributed by atoms with Gasteiger partial charge in [-0.15, -0.1) is 0 Å². The van der Waals surface area contributed by atoms with E-state index in [9.17, 15) is 13.6 Å². The summed E-state index contributed by atoms with van der Waals surface area (Å²) in [6.07, 6.45) is 2.83. The minimum atomic E-state index is -1.33. The molecule has 98 valence electrons. The fraction of sp³-hybridized carbons (Fsp3) is 0.462. The van der Waals surface area contributed by atoms with Crippen molar-refractivity contribution in [2.24, 2.45) is 0 Å². The van der Waals surface area contributed by atoms with Crippen molar-refractivity contribution < 1.29 is 18.7 Å². The summed E-state index contributed by atoms with van der Waals surface area (Å²) in [6, 6.07) is 1.82. The van der Waals surface area contributed by atoms with E-state index in [4.69, 9.17) is 5.11 Å². The number of piperidine rings is 1. The van der Waals surface area contributed by atoms with Crippen LogP contribution in [-0.2, 0) is 0 Å². The van der Waals surface area contributed by atoms with Crippen LogP contribution in [0.1, 0.15) is 36.5 Å². The minimum absolute atomic E-state index is 0.0680. The number of anilines is 1. The summed E-state index contributed by atoms with van der Waals surface area (Å²) in [5, 5.41) is 8.74. The number of nitrogens with zero attached hydrogens (tertiary/aromatic N) is 1. The van der Waals surface area contributed by atoms with E-state index in [1.54, 1.807) is 4.90 Å². The van der Waals surface area contributed by atoms with Crippen molar-refractivity contribution in [3.8, 4) is 0 Å². The summed E-state index contributed by atoms with van der Waals surface area (Å²) >= 11 is 0. The first-order chi connectivity index (χ1) is 8.50. The molecule has 2 rings (SSSR count). The van der Waals surface area contributed by atoms with Crippen molar-refractivity contribution in [1.82, 2.24) is 0 Å². The van der Waals surface area contributed by atoms with Gasteiger partial charge in [-0.3, -0.25) is 0 Å². The third-order valence-corrected chi connectivity index (χ3v) is 3.35. The zero-order valence-corrected chi connectivity index (χ0v) is 10.1. The molecule has 0 bridgehead atoms. The quantitative estimate of drug-likeness (QED) is 0.883. The molecule has 0 amide bonds. The molecule has 0 spiro atoms. The van der Waals surface area contributed by atoms with Gasteiger partial charge < -0.3 is 10.0 Å². The monoisotopic (exact) mass is 255 g/mol.